The molecule has 1 aliphatic carbocycles. The van der Waals surface area contributed by atoms with Crippen molar-refractivity contribution >= 4 is 17.2 Å². The fraction of sp³-hybridized carbons (Fsp3) is 0.889. The van der Waals surface area contributed by atoms with E-state index in [1.165, 1.54) is 0 Å². The zero-order valence-corrected chi connectivity index (χ0v) is 10.0. The fourth-order valence-corrected chi connectivity index (χ4v) is 1.81. The molecular formula is C9H12F6N2S. The van der Waals surface area contributed by atoms with Gasteiger partial charge in [-0.2, -0.15) is 26.3 Å². The molecule has 1 fully saturated rings. The highest BCUT2D eigenvalue weighted by Gasteiger charge is 2.46. The predicted molar refractivity (Wildman–Crippen MR) is 57.0 cm³/mol. The Hall–Kier alpha value is -0.570. The van der Waals surface area contributed by atoms with Crippen LogP contribution in [0.1, 0.15) is 12.8 Å². The zero-order chi connectivity index (χ0) is 14.1. The topological polar surface area (TPSA) is 29.3 Å². The van der Waals surface area contributed by atoms with E-state index in [4.69, 9.17) is 5.73 Å². The van der Waals surface area contributed by atoms with Crippen molar-refractivity contribution in [2.24, 2.45) is 11.7 Å². The Balaban J connectivity index is 2.72. The number of thiocarbonyl (C=S) groups is 1. The summed E-state index contributed by atoms with van der Waals surface area (Å²) >= 11 is 4.28. The summed E-state index contributed by atoms with van der Waals surface area (Å²) in [6.45, 7) is -2.20. The Morgan fingerprint density at radius 1 is 1.22 bits per heavy atom. The van der Waals surface area contributed by atoms with Gasteiger partial charge in [-0.15, -0.1) is 0 Å². The van der Waals surface area contributed by atoms with Gasteiger partial charge in [0.25, 0.3) is 0 Å². The fourth-order valence-electron chi connectivity index (χ4n) is 1.60. The molecule has 0 aromatic carbocycles. The third-order valence-corrected chi connectivity index (χ3v) is 2.89. The lowest BCUT2D eigenvalue weighted by Gasteiger charge is -2.28. The molecule has 1 rings (SSSR count). The van der Waals surface area contributed by atoms with Gasteiger partial charge >= 0.3 is 12.4 Å². The lowest BCUT2D eigenvalue weighted by Crippen LogP contribution is -2.46. The molecule has 1 aliphatic rings. The van der Waals surface area contributed by atoms with Gasteiger partial charge in [-0.05, 0) is 12.8 Å². The summed E-state index contributed by atoms with van der Waals surface area (Å²) in [4.78, 5) is -0.0625. The number of hydrogen-bond donors (Lipinski definition) is 1. The van der Waals surface area contributed by atoms with E-state index in [0.717, 1.165) is 4.90 Å². The molecule has 0 spiro atoms. The molecule has 0 saturated heterocycles. The predicted octanol–water partition coefficient (Wildman–Crippen LogP) is 2.48. The van der Waals surface area contributed by atoms with E-state index < -0.39 is 42.4 Å². The molecule has 9 heteroatoms. The second kappa shape index (κ2) is 5.20. The molecule has 0 amide bonds. The molecule has 0 aromatic heterocycles. The van der Waals surface area contributed by atoms with Crippen LogP contribution in [0, 0.1) is 5.92 Å². The second-order valence-corrected chi connectivity index (χ2v) is 4.74. The van der Waals surface area contributed by atoms with Crippen LogP contribution in [0.3, 0.4) is 0 Å². The highest BCUT2D eigenvalue weighted by atomic mass is 32.1. The van der Waals surface area contributed by atoms with Crippen molar-refractivity contribution in [3.63, 3.8) is 0 Å². The molecule has 2 nitrogen and oxygen atoms in total. The van der Waals surface area contributed by atoms with Crippen LogP contribution in [0.25, 0.3) is 0 Å². The molecule has 0 aliphatic heterocycles. The quantitative estimate of drug-likeness (QED) is 0.624. The summed E-state index contributed by atoms with van der Waals surface area (Å²) in [5, 5.41) is 0. The van der Waals surface area contributed by atoms with Gasteiger partial charge in [0, 0.05) is 12.6 Å². The first kappa shape index (κ1) is 15.5. The van der Waals surface area contributed by atoms with Crippen molar-refractivity contribution in [3.05, 3.63) is 0 Å². The van der Waals surface area contributed by atoms with Crippen molar-refractivity contribution in [1.29, 1.82) is 0 Å². The number of nitrogens with two attached hydrogens (primary N) is 1. The summed E-state index contributed by atoms with van der Waals surface area (Å²) in [6, 6.07) is -0.453. The van der Waals surface area contributed by atoms with Crippen LogP contribution in [0.2, 0.25) is 0 Å². The van der Waals surface area contributed by atoms with E-state index in [2.05, 4.69) is 12.2 Å². The second-order valence-electron chi connectivity index (χ2n) is 4.27. The Labute approximate surface area is 105 Å². The zero-order valence-electron chi connectivity index (χ0n) is 9.18. The Morgan fingerprint density at radius 3 is 2.00 bits per heavy atom. The Morgan fingerprint density at radius 2 is 1.72 bits per heavy atom. The van der Waals surface area contributed by atoms with Gasteiger partial charge in [0.15, 0.2) is 0 Å². The summed E-state index contributed by atoms with van der Waals surface area (Å²) < 4.78 is 74.5. The minimum atomic E-state index is -4.72. The first-order chi connectivity index (χ1) is 8.00. The van der Waals surface area contributed by atoms with Gasteiger partial charge in [-0.1, -0.05) is 12.2 Å². The third-order valence-electron chi connectivity index (χ3n) is 2.60. The number of alkyl halides is 6. The first-order valence-electron chi connectivity index (χ1n) is 5.17. The Kier molecular flexibility index (Phi) is 4.47. The average Bonchev–Trinajstić information content (AvgIpc) is 2.89. The smallest absolute Gasteiger partial charge is 0.393 e. The van der Waals surface area contributed by atoms with Gasteiger partial charge in [-0.3, -0.25) is 4.90 Å². The number of rotatable bonds is 5. The number of halogens is 6. The summed E-state index contributed by atoms with van der Waals surface area (Å²) in [6.07, 6.45) is -8.31. The highest BCUT2D eigenvalue weighted by molar-refractivity contribution is 7.80. The van der Waals surface area contributed by atoms with Gasteiger partial charge in [0.1, 0.15) is 5.92 Å². The molecule has 0 aromatic rings. The molecule has 1 unspecified atom stereocenters. The van der Waals surface area contributed by atoms with E-state index in [1.54, 1.807) is 0 Å². The van der Waals surface area contributed by atoms with Gasteiger partial charge < -0.3 is 5.73 Å². The van der Waals surface area contributed by atoms with Crippen LogP contribution in [0.5, 0.6) is 0 Å². The SMILES string of the molecule is NC(=S)C(CN(CC(F)(F)F)C1CC1)C(F)(F)F. The molecule has 18 heavy (non-hydrogen) atoms. The van der Waals surface area contributed by atoms with Crippen LogP contribution in [0.4, 0.5) is 26.3 Å². The minimum absolute atomic E-state index is 0.453. The van der Waals surface area contributed by atoms with E-state index in [1.807, 2.05) is 0 Å². The van der Waals surface area contributed by atoms with Crippen LogP contribution >= 0.6 is 12.2 Å². The van der Waals surface area contributed by atoms with Gasteiger partial charge in [0.2, 0.25) is 0 Å². The van der Waals surface area contributed by atoms with E-state index in [0.29, 0.717) is 12.8 Å². The maximum Gasteiger partial charge on any atom is 0.401 e. The van der Waals surface area contributed by atoms with E-state index in [-0.39, 0.29) is 0 Å². The number of hydrogen-bond acceptors (Lipinski definition) is 2. The van der Waals surface area contributed by atoms with Crippen LogP contribution < -0.4 is 5.73 Å². The van der Waals surface area contributed by atoms with Crippen molar-refractivity contribution < 1.29 is 26.3 Å². The highest BCUT2D eigenvalue weighted by Crippen LogP contribution is 2.34. The van der Waals surface area contributed by atoms with Crippen LogP contribution in [-0.2, 0) is 0 Å². The largest absolute Gasteiger partial charge is 0.401 e. The summed E-state index contributed by atoms with van der Waals surface area (Å²) in [5.74, 6) is -2.20. The van der Waals surface area contributed by atoms with Crippen molar-refractivity contribution in [2.45, 2.75) is 31.2 Å². The summed E-state index contributed by atoms with van der Waals surface area (Å²) in [7, 11) is 0. The number of nitrogens with zero attached hydrogens (tertiary/aromatic N) is 1. The molecule has 1 atom stereocenters. The van der Waals surface area contributed by atoms with E-state index >= 15 is 0 Å². The Bertz CT molecular complexity index is 309. The lowest BCUT2D eigenvalue weighted by atomic mass is 10.1. The molecule has 1 saturated carbocycles. The van der Waals surface area contributed by atoms with Gasteiger partial charge in [-0.25, -0.2) is 0 Å². The summed E-state index contributed by atoms with van der Waals surface area (Å²) in [5.41, 5.74) is 4.96. The molecular weight excluding hydrogens is 282 g/mol. The lowest BCUT2D eigenvalue weighted by molar-refractivity contribution is -0.174. The average molecular weight is 294 g/mol. The molecule has 0 radical (unpaired) electrons. The maximum atomic E-state index is 12.6. The van der Waals surface area contributed by atoms with E-state index in [9.17, 15) is 26.3 Å². The maximum absolute atomic E-state index is 12.6. The molecule has 0 bridgehead atoms. The monoisotopic (exact) mass is 294 g/mol. The van der Waals surface area contributed by atoms with Crippen LogP contribution in [0.15, 0.2) is 0 Å². The van der Waals surface area contributed by atoms with Crippen molar-refractivity contribution in [1.82, 2.24) is 4.90 Å². The molecule has 106 valence electrons. The third kappa shape index (κ3) is 4.97. The van der Waals surface area contributed by atoms with Gasteiger partial charge in [0.05, 0.1) is 11.5 Å². The molecule has 2 N–H and O–H groups in total. The van der Waals surface area contributed by atoms with Crippen LogP contribution in [-0.4, -0.2) is 41.4 Å². The minimum Gasteiger partial charge on any atom is -0.393 e. The van der Waals surface area contributed by atoms with Crippen molar-refractivity contribution in [3.8, 4) is 0 Å². The normalized spacial score (nSPS) is 19.1. The first-order valence-corrected chi connectivity index (χ1v) is 5.58. The van der Waals surface area contributed by atoms with Crippen molar-refractivity contribution in [2.75, 3.05) is 13.1 Å². The molecule has 0 heterocycles. The standard InChI is InChI=1S/C9H12F6N2S/c10-8(11,12)4-17(5-1-2-5)3-6(7(16)18)9(13,14)15/h5-6H,1-4H2,(H2,16,18).